The maximum atomic E-state index is 14.0. The van der Waals surface area contributed by atoms with Crippen LogP contribution in [0.25, 0.3) is 0 Å². The molecule has 2 aliphatic rings. The highest BCUT2D eigenvalue weighted by atomic mass is 35.5. The topological polar surface area (TPSA) is 35.5 Å². The zero-order chi connectivity index (χ0) is 16.8. The standard InChI is InChI=1S/C18H17ClF2N2O/c19-11-3-1-2-10(6-11)16-4-5-23(22-16)18-14-7-12(20)8-15(21)13(14)9-17(18)24/h1-3,6-8,16-18,22,24H,4-5,9H2/t16?,17-,18-/m0/s1. The normalized spacial score (nSPS) is 26.8. The van der Waals surface area contributed by atoms with Gasteiger partial charge in [0, 0.05) is 30.1 Å². The molecule has 126 valence electrons. The van der Waals surface area contributed by atoms with Crippen LogP contribution in [0.5, 0.6) is 0 Å². The Balaban J connectivity index is 1.60. The molecule has 0 amide bonds. The monoisotopic (exact) mass is 350 g/mol. The summed E-state index contributed by atoms with van der Waals surface area (Å²) in [6.45, 7) is 0.677. The van der Waals surface area contributed by atoms with Crippen molar-refractivity contribution in [2.75, 3.05) is 6.54 Å². The van der Waals surface area contributed by atoms with Gasteiger partial charge in [0.2, 0.25) is 0 Å². The van der Waals surface area contributed by atoms with Crippen LogP contribution in [0.4, 0.5) is 8.78 Å². The lowest BCUT2D eigenvalue weighted by atomic mass is 10.1. The van der Waals surface area contributed by atoms with E-state index in [-0.39, 0.29) is 12.5 Å². The lowest BCUT2D eigenvalue weighted by Gasteiger charge is -2.28. The van der Waals surface area contributed by atoms with Crippen molar-refractivity contribution in [1.29, 1.82) is 0 Å². The Hall–Kier alpha value is -1.53. The third kappa shape index (κ3) is 2.71. The van der Waals surface area contributed by atoms with E-state index in [0.29, 0.717) is 22.7 Å². The van der Waals surface area contributed by atoms with E-state index in [4.69, 9.17) is 11.6 Å². The summed E-state index contributed by atoms with van der Waals surface area (Å²) in [5, 5.41) is 13.0. The number of rotatable bonds is 2. The molecular weight excluding hydrogens is 334 g/mol. The number of nitrogens with one attached hydrogen (secondary N) is 1. The molecule has 2 aromatic rings. The Morgan fingerprint density at radius 2 is 2.04 bits per heavy atom. The van der Waals surface area contributed by atoms with Gasteiger partial charge < -0.3 is 5.11 Å². The molecule has 1 aliphatic carbocycles. The third-order valence-corrected chi connectivity index (χ3v) is 5.09. The maximum Gasteiger partial charge on any atom is 0.129 e. The largest absolute Gasteiger partial charge is 0.391 e. The van der Waals surface area contributed by atoms with Gasteiger partial charge in [0.05, 0.1) is 12.1 Å². The van der Waals surface area contributed by atoms with Crippen molar-refractivity contribution < 1.29 is 13.9 Å². The number of aliphatic hydroxyl groups excluding tert-OH is 1. The Labute approximate surface area is 143 Å². The molecule has 24 heavy (non-hydrogen) atoms. The molecule has 0 spiro atoms. The van der Waals surface area contributed by atoms with Gasteiger partial charge in [-0.25, -0.2) is 19.2 Å². The highest BCUT2D eigenvalue weighted by Gasteiger charge is 2.40. The van der Waals surface area contributed by atoms with Crippen molar-refractivity contribution in [3.8, 4) is 0 Å². The number of hydrazine groups is 1. The average Bonchev–Trinajstić information content (AvgIpc) is 3.11. The Morgan fingerprint density at radius 1 is 1.21 bits per heavy atom. The minimum Gasteiger partial charge on any atom is -0.391 e. The zero-order valence-corrected chi connectivity index (χ0v) is 13.6. The van der Waals surface area contributed by atoms with Crippen molar-refractivity contribution in [3.63, 3.8) is 0 Å². The van der Waals surface area contributed by atoms with Gasteiger partial charge in [0.25, 0.3) is 0 Å². The molecule has 1 heterocycles. The SMILES string of the molecule is O[C@H]1Cc2c(F)cc(F)cc2[C@@H]1N1CCC(c2cccc(Cl)c2)N1. The van der Waals surface area contributed by atoms with E-state index in [0.717, 1.165) is 18.1 Å². The van der Waals surface area contributed by atoms with Crippen LogP contribution >= 0.6 is 11.6 Å². The van der Waals surface area contributed by atoms with Crippen LogP contribution in [0.15, 0.2) is 36.4 Å². The van der Waals surface area contributed by atoms with Gasteiger partial charge in [-0.2, -0.15) is 0 Å². The quantitative estimate of drug-likeness (QED) is 0.869. The molecule has 3 nitrogen and oxygen atoms in total. The predicted molar refractivity (Wildman–Crippen MR) is 87.5 cm³/mol. The van der Waals surface area contributed by atoms with E-state index < -0.39 is 23.8 Å². The molecule has 0 saturated carbocycles. The highest BCUT2D eigenvalue weighted by Crippen LogP contribution is 2.40. The smallest absolute Gasteiger partial charge is 0.129 e. The van der Waals surface area contributed by atoms with Gasteiger partial charge in [-0.3, -0.25) is 0 Å². The van der Waals surface area contributed by atoms with Gasteiger partial charge in [-0.1, -0.05) is 23.7 Å². The molecule has 0 bridgehead atoms. The number of fused-ring (bicyclic) bond motifs is 1. The molecule has 3 atom stereocenters. The van der Waals surface area contributed by atoms with E-state index in [2.05, 4.69) is 5.43 Å². The Bertz CT molecular complexity index is 786. The number of hydrogen-bond acceptors (Lipinski definition) is 3. The molecular formula is C18H17ClF2N2O. The minimum atomic E-state index is -0.762. The molecule has 2 aromatic carbocycles. The summed E-state index contributed by atoms with van der Waals surface area (Å²) >= 11 is 6.05. The first-order chi connectivity index (χ1) is 11.5. The molecule has 1 saturated heterocycles. The van der Waals surface area contributed by atoms with E-state index >= 15 is 0 Å². The molecule has 6 heteroatoms. The summed E-state index contributed by atoms with van der Waals surface area (Å²) in [5.74, 6) is -1.20. The summed E-state index contributed by atoms with van der Waals surface area (Å²) in [5.41, 5.74) is 5.35. The van der Waals surface area contributed by atoms with Gasteiger partial charge >= 0.3 is 0 Å². The fourth-order valence-electron chi connectivity index (χ4n) is 3.79. The van der Waals surface area contributed by atoms with E-state index in [1.807, 2.05) is 29.3 Å². The third-order valence-electron chi connectivity index (χ3n) is 4.86. The maximum absolute atomic E-state index is 14.0. The second kappa shape index (κ2) is 6.08. The van der Waals surface area contributed by atoms with Crippen LogP contribution in [0.2, 0.25) is 5.02 Å². The summed E-state index contributed by atoms with van der Waals surface area (Å²) in [4.78, 5) is 0. The van der Waals surface area contributed by atoms with Crippen molar-refractivity contribution in [2.45, 2.75) is 31.0 Å². The van der Waals surface area contributed by atoms with Gasteiger partial charge in [-0.15, -0.1) is 0 Å². The number of aliphatic hydroxyl groups is 1. The first-order valence-corrected chi connectivity index (χ1v) is 8.35. The molecule has 2 N–H and O–H groups in total. The fraction of sp³-hybridized carbons (Fsp3) is 0.333. The van der Waals surface area contributed by atoms with Crippen LogP contribution in [0.3, 0.4) is 0 Å². The number of nitrogens with zero attached hydrogens (tertiary/aromatic N) is 1. The minimum absolute atomic E-state index is 0.0679. The second-order valence-electron chi connectivity index (χ2n) is 6.39. The van der Waals surface area contributed by atoms with Crippen molar-refractivity contribution in [2.24, 2.45) is 0 Å². The van der Waals surface area contributed by atoms with Crippen LogP contribution in [-0.2, 0) is 6.42 Å². The van der Waals surface area contributed by atoms with Crippen molar-refractivity contribution in [1.82, 2.24) is 10.4 Å². The van der Waals surface area contributed by atoms with Crippen molar-refractivity contribution in [3.05, 3.63) is 69.7 Å². The number of benzene rings is 2. The summed E-state index contributed by atoms with van der Waals surface area (Å²) in [6, 6.07) is 9.43. The van der Waals surface area contributed by atoms with Crippen molar-refractivity contribution >= 4 is 11.6 Å². The van der Waals surface area contributed by atoms with E-state index in [1.165, 1.54) is 6.07 Å². The number of halogens is 3. The molecule has 1 unspecified atom stereocenters. The molecule has 4 rings (SSSR count). The van der Waals surface area contributed by atoms with Gasteiger partial charge in [0.15, 0.2) is 0 Å². The van der Waals surface area contributed by atoms with Crippen LogP contribution in [0, 0.1) is 11.6 Å². The first kappa shape index (κ1) is 16.0. The van der Waals surface area contributed by atoms with Crippen LogP contribution < -0.4 is 5.43 Å². The van der Waals surface area contributed by atoms with Gasteiger partial charge in [0.1, 0.15) is 11.6 Å². The summed E-state index contributed by atoms with van der Waals surface area (Å²) < 4.78 is 27.6. The fourth-order valence-corrected chi connectivity index (χ4v) is 3.99. The molecule has 0 radical (unpaired) electrons. The van der Waals surface area contributed by atoms with Crippen LogP contribution in [0.1, 0.15) is 35.2 Å². The molecule has 0 aromatic heterocycles. The van der Waals surface area contributed by atoms with Gasteiger partial charge in [-0.05, 0) is 41.3 Å². The summed E-state index contributed by atoms with van der Waals surface area (Å²) in [7, 11) is 0. The first-order valence-electron chi connectivity index (χ1n) is 7.97. The molecule has 1 fully saturated rings. The lowest BCUT2D eigenvalue weighted by Crippen LogP contribution is -2.39. The van der Waals surface area contributed by atoms with E-state index in [1.54, 1.807) is 0 Å². The zero-order valence-electron chi connectivity index (χ0n) is 12.8. The summed E-state index contributed by atoms with van der Waals surface area (Å²) in [6.07, 6.45) is 0.268. The lowest BCUT2D eigenvalue weighted by molar-refractivity contribution is 0.0450. The highest BCUT2D eigenvalue weighted by molar-refractivity contribution is 6.30. The predicted octanol–water partition coefficient (Wildman–Crippen LogP) is 3.53. The Morgan fingerprint density at radius 3 is 2.83 bits per heavy atom. The van der Waals surface area contributed by atoms with Crippen LogP contribution in [-0.4, -0.2) is 22.8 Å². The Kier molecular flexibility index (Phi) is 4.04. The average molecular weight is 351 g/mol. The number of hydrogen-bond donors (Lipinski definition) is 2. The van der Waals surface area contributed by atoms with E-state index in [9.17, 15) is 13.9 Å². The molecule has 1 aliphatic heterocycles. The second-order valence-corrected chi connectivity index (χ2v) is 6.83.